The molecule has 1 rings (SSSR count). The molecule has 2 amide bonds. The summed E-state index contributed by atoms with van der Waals surface area (Å²) in [6, 6.07) is -1.15. The number of likely N-dealkylation sites (tertiary alicyclic amines) is 1. The van der Waals surface area contributed by atoms with E-state index >= 15 is 0 Å². The molecule has 7 nitrogen and oxygen atoms in total. The van der Waals surface area contributed by atoms with Crippen LogP contribution in [0.25, 0.3) is 0 Å². The van der Waals surface area contributed by atoms with Gasteiger partial charge in [-0.15, -0.1) is 0 Å². The minimum absolute atomic E-state index is 0.0839. The molecule has 0 aliphatic carbocycles. The lowest BCUT2D eigenvalue weighted by Crippen LogP contribution is -2.58. The molecule has 1 heterocycles. The lowest BCUT2D eigenvalue weighted by atomic mass is 9.85. The predicted octanol–water partition coefficient (Wildman–Crippen LogP) is 2.60. The Morgan fingerprint density at radius 3 is 2.30 bits per heavy atom. The third kappa shape index (κ3) is 6.83. The highest BCUT2D eigenvalue weighted by molar-refractivity contribution is 5.91. The third-order valence-electron chi connectivity index (χ3n) is 5.72. The monoisotopic (exact) mass is 423 g/mol. The number of nitrogens with one attached hydrogen (secondary N) is 1. The molecule has 1 unspecified atom stereocenters. The van der Waals surface area contributed by atoms with Crippen molar-refractivity contribution in [1.82, 2.24) is 15.1 Å². The average Bonchev–Trinajstić information content (AvgIpc) is 3.07. The number of hydrogen-bond donors (Lipinski definition) is 1. The van der Waals surface area contributed by atoms with Gasteiger partial charge in [0.2, 0.25) is 11.8 Å². The van der Waals surface area contributed by atoms with Gasteiger partial charge in [-0.25, -0.2) is 4.79 Å². The van der Waals surface area contributed by atoms with Gasteiger partial charge < -0.3 is 15.0 Å². The van der Waals surface area contributed by atoms with Gasteiger partial charge in [0, 0.05) is 12.6 Å². The van der Waals surface area contributed by atoms with E-state index < -0.39 is 11.5 Å². The highest BCUT2D eigenvalue weighted by Gasteiger charge is 2.39. The Hall–Kier alpha value is -1.89. The van der Waals surface area contributed by atoms with Crippen LogP contribution in [-0.2, 0) is 19.1 Å². The predicted molar refractivity (Wildman–Crippen MR) is 119 cm³/mol. The Balaban J connectivity index is 3.09. The van der Waals surface area contributed by atoms with Crippen molar-refractivity contribution in [3.05, 3.63) is 11.6 Å². The van der Waals surface area contributed by atoms with Gasteiger partial charge in [0.05, 0.1) is 18.7 Å². The van der Waals surface area contributed by atoms with Crippen LogP contribution in [0.2, 0.25) is 0 Å². The summed E-state index contributed by atoms with van der Waals surface area (Å²) in [5.41, 5.74) is 0.0127. The van der Waals surface area contributed by atoms with E-state index in [1.165, 1.54) is 0 Å². The molecule has 1 aliphatic rings. The van der Waals surface area contributed by atoms with Gasteiger partial charge in [-0.2, -0.15) is 0 Å². The summed E-state index contributed by atoms with van der Waals surface area (Å²) in [4.78, 5) is 42.1. The number of esters is 1. The Kier molecular flexibility index (Phi) is 9.53. The highest BCUT2D eigenvalue weighted by atomic mass is 16.5. The molecule has 1 fully saturated rings. The van der Waals surface area contributed by atoms with Crippen molar-refractivity contribution in [3.8, 4) is 0 Å². The number of rotatable bonds is 8. The van der Waals surface area contributed by atoms with Crippen molar-refractivity contribution >= 4 is 17.8 Å². The number of carbonyl (C=O) groups excluding carboxylic acids is 3. The maximum Gasteiger partial charge on any atom is 0.333 e. The molecule has 1 N–H and O–H groups in total. The number of nitrogens with zero attached hydrogens (tertiary/aromatic N) is 2. The molecule has 0 saturated carbocycles. The summed E-state index contributed by atoms with van der Waals surface area (Å²) in [5.74, 6) is -0.561. The maximum atomic E-state index is 13.5. The van der Waals surface area contributed by atoms with Crippen LogP contribution in [0.5, 0.6) is 0 Å². The van der Waals surface area contributed by atoms with Crippen LogP contribution in [-0.4, -0.2) is 73.0 Å². The first-order chi connectivity index (χ1) is 13.8. The fourth-order valence-corrected chi connectivity index (χ4v) is 3.80. The molecule has 0 bridgehead atoms. The molecule has 30 heavy (non-hydrogen) atoms. The van der Waals surface area contributed by atoms with Crippen molar-refractivity contribution in [1.29, 1.82) is 0 Å². The molecule has 1 saturated heterocycles. The molecule has 0 aromatic carbocycles. The Bertz CT molecular complexity index is 651. The Morgan fingerprint density at radius 2 is 1.87 bits per heavy atom. The molecule has 0 aromatic heterocycles. The maximum absolute atomic E-state index is 13.5. The van der Waals surface area contributed by atoms with Crippen molar-refractivity contribution in [2.45, 2.75) is 79.4 Å². The van der Waals surface area contributed by atoms with Crippen molar-refractivity contribution in [2.24, 2.45) is 11.3 Å². The fraction of sp³-hybridized carbons (Fsp3) is 0.783. The van der Waals surface area contributed by atoms with Gasteiger partial charge in [0.1, 0.15) is 6.04 Å². The summed E-state index contributed by atoms with van der Waals surface area (Å²) in [6.07, 6.45) is 3.57. The van der Waals surface area contributed by atoms with Crippen LogP contribution in [0.15, 0.2) is 11.6 Å². The fourth-order valence-electron chi connectivity index (χ4n) is 3.80. The normalized spacial score (nSPS) is 20.1. The minimum Gasteiger partial charge on any atom is -0.463 e. The zero-order valence-corrected chi connectivity index (χ0v) is 20.2. The first-order valence-corrected chi connectivity index (χ1v) is 10.9. The third-order valence-corrected chi connectivity index (χ3v) is 5.72. The highest BCUT2D eigenvalue weighted by Crippen LogP contribution is 2.25. The van der Waals surface area contributed by atoms with E-state index in [2.05, 4.69) is 5.32 Å². The van der Waals surface area contributed by atoms with Crippen LogP contribution in [0.4, 0.5) is 0 Å². The van der Waals surface area contributed by atoms with E-state index in [0.717, 1.165) is 19.4 Å². The van der Waals surface area contributed by atoms with Crippen LogP contribution in [0, 0.1) is 11.3 Å². The van der Waals surface area contributed by atoms with Gasteiger partial charge in [0.25, 0.3) is 0 Å². The van der Waals surface area contributed by atoms with Gasteiger partial charge in [-0.1, -0.05) is 40.7 Å². The molecule has 0 spiro atoms. The van der Waals surface area contributed by atoms with Gasteiger partial charge in [-0.05, 0) is 51.6 Å². The molecule has 0 radical (unpaired) electrons. The van der Waals surface area contributed by atoms with Crippen LogP contribution in [0.3, 0.4) is 0 Å². The zero-order valence-electron chi connectivity index (χ0n) is 20.2. The van der Waals surface area contributed by atoms with E-state index in [1.807, 2.05) is 46.6 Å². The molecule has 3 atom stereocenters. The Labute approximate surface area is 182 Å². The van der Waals surface area contributed by atoms with Gasteiger partial charge in [-0.3, -0.25) is 14.5 Å². The minimum atomic E-state index is -0.665. The first-order valence-electron chi connectivity index (χ1n) is 10.9. The quantitative estimate of drug-likeness (QED) is 0.480. The topological polar surface area (TPSA) is 79.0 Å². The second kappa shape index (κ2) is 10.9. The first kappa shape index (κ1) is 26.1. The van der Waals surface area contributed by atoms with Crippen LogP contribution < -0.4 is 5.32 Å². The smallest absolute Gasteiger partial charge is 0.333 e. The average molecular weight is 424 g/mol. The SMILES string of the molecule is CCOC(=O)/C(C)=C/[C@H](C(C)C)N(C)C(=O)C(NC(=O)[C@@H]1CCCN1C)C(C)(C)C. The standard InChI is InChI=1S/C23H41N3O4/c1-10-30-22(29)16(4)14-18(15(2)3)26(9)21(28)19(23(5,6)7)24-20(27)17-12-11-13-25(17)8/h14-15,17-19H,10-13H2,1-9H3,(H,24,27)/b16-14+/t17-,18+,19?/m0/s1. The number of ether oxygens (including phenoxy) is 1. The number of carbonyl (C=O) groups is 3. The summed E-state index contributed by atoms with van der Waals surface area (Å²) < 4.78 is 5.07. The van der Waals surface area contributed by atoms with Crippen molar-refractivity contribution in [2.75, 3.05) is 27.2 Å². The van der Waals surface area contributed by atoms with E-state index in [0.29, 0.717) is 12.2 Å². The Morgan fingerprint density at radius 1 is 1.27 bits per heavy atom. The van der Waals surface area contributed by atoms with Gasteiger partial charge in [0.15, 0.2) is 0 Å². The lowest BCUT2D eigenvalue weighted by Gasteiger charge is -2.38. The van der Waals surface area contributed by atoms with E-state index in [4.69, 9.17) is 4.74 Å². The van der Waals surface area contributed by atoms with E-state index in [-0.39, 0.29) is 35.8 Å². The zero-order chi connectivity index (χ0) is 23.2. The van der Waals surface area contributed by atoms with E-state index in [9.17, 15) is 14.4 Å². The summed E-state index contributed by atoms with van der Waals surface area (Å²) >= 11 is 0. The molecular weight excluding hydrogens is 382 g/mol. The molecule has 172 valence electrons. The van der Waals surface area contributed by atoms with Crippen LogP contribution in [0.1, 0.15) is 61.3 Å². The van der Waals surface area contributed by atoms with Gasteiger partial charge >= 0.3 is 5.97 Å². The lowest BCUT2D eigenvalue weighted by molar-refractivity contribution is -0.141. The largest absolute Gasteiger partial charge is 0.463 e. The number of hydrogen-bond acceptors (Lipinski definition) is 5. The summed E-state index contributed by atoms with van der Waals surface area (Å²) in [7, 11) is 3.67. The van der Waals surface area contributed by atoms with Crippen molar-refractivity contribution < 1.29 is 19.1 Å². The van der Waals surface area contributed by atoms with Crippen molar-refractivity contribution in [3.63, 3.8) is 0 Å². The van der Waals surface area contributed by atoms with Crippen LogP contribution >= 0.6 is 0 Å². The second-order valence-corrected chi connectivity index (χ2v) is 9.70. The number of likely N-dealkylation sites (N-methyl/N-ethyl adjacent to an activating group) is 2. The molecule has 7 heteroatoms. The summed E-state index contributed by atoms with van der Waals surface area (Å²) in [5, 5.41) is 3.02. The molecular formula is C23H41N3O4. The second-order valence-electron chi connectivity index (χ2n) is 9.70. The number of amides is 2. The molecule has 1 aliphatic heterocycles. The summed E-state index contributed by atoms with van der Waals surface area (Å²) in [6.45, 7) is 14.5. The van der Waals surface area contributed by atoms with E-state index in [1.54, 1.807) is 31.9 Å². The molecule has 0 aromatic rings.